The summed E-state index contributed by atoms with van der Waals surface area (Å²) in [4.78, 5) is 0. The monoisotopic (exact) mass is 265 g/mol. The summed E-state index contributed by atoms with van der Waals surface area (Å²) >= 11 is 0. The van der Waals surface area contributed by atoms with Crippen LogP contribution in [0.1, 0.15) is 18.1 Å². The lowest BCUT2D eigenvalue weighted by atomic mass is 10.1. The van der Waals surface area contributed by atoms with E-state index in [1.165, 1.54) is 16.8 Å². The Bertz CT molecular complexity index is 520. The van der Waals surface area contributed by atoms with Gasteiger partial charge in [-0.2, -0.15) is 13.9 Å². The van der Waals surface area contributed by atoms with Gasteiger partial charge in [-0.15, -0.1) is 0 Å². The molecule has 102 valence electrons. The van der Waals surface area contributed by atoms with Crippen LogP contribution in [0.15, 0.2) is 42.7 Å². The van der Waals surface area contributed by atoms with Crippen LogP contribution in [-0.2, 0) is 18.9 Å². The van der Waals surface area contributed by atoms with Gasteiger partial charge in [0.05, 0.1) is 6.20 Å². The number of aromatic nitrogens is 2. The first-order chi connectivity index (χ1) is 8.97. The average Bonchev–Trinajstić information content (AvgIpc) is 2.76. The molecule has 0 saturated carbocycles. The molecule has 0 radical (unpaired) electrons. The molecule has 1 aromatic carbocycles. The quantitative estimate of drug-likeness (QED) is 0.903. The number of benzene rings is 1. The molecular weight excluding hydrogens is 248 g/mol. The number of rotatable bonds is 5. The number of nitrogens with zero attached hydrogens (tertiary/aromatic N) is 2. The Morgan fingerprint density at radius 2 is 2.00 bits per heavy atom. The highest BCUT2D eigenvalue weighted by molar-refractivity contribution is 5.20. The first kappa shape index (κ1) is 13.7. The summed E-state index contributed by atoms with van der Waals surface area (Å²) in [5, 5.41) is 3.96. The van der Waals surface area contributed by atoms with Crippen LogP contribution in [0.3, 0.4) is 0 Å². The Hall–Kier alpha value is -1.75. The van der Waals surface area contributed by atoms with Crippen molar-refractivity contribution in [2.75, 3.05) is 0 Å². The van der Waals surface area contributed by atoms with Crippen molar-refractivity contribution in [3.05, 3.63) is 53.9 Å². The predicted octanol–water partition coefficient (Wildman–Crippen LogP) is 2.56. The van der Waals surface area contributed by atoms with E-state index in [1.54, 1.807) is 30.6 Å². The maximum absolute atomic E-state index is 14.0. The molecule has 1 atom stereocenters. The van der Waals surface area contributed by atoms with Crippen molar-refractivity contribution in [3.63, 3.8) is 0 Å². The Labute approximate surface area is 111 Å². The molecule has 1 heterocycles. The van der Waals surface area contributed by atoms with E-state index in [1.807, 2.05) is 6.92 Å². The van der Waals surface area contributed by atoms with Gasteiger partial charge < -0.3 is 5.73 Å². The molecule has 3 nitrogen and oxygen atoms in total. The summed E-state index contributed by atoms with van der Waals surface area (Å²) in [5.74, 6) is -2.93. The van der Waals surface area contributed by atoms with Crippen LogP contribution in [0.5, 0.6) is 0 Å². The Morgan fingerprint density at radius 1 is 1.32 bits per heavy atom. The van der Waals surface area contributed by atoms with E-state index in [2.05, 4.69) is 5.10 Å². The maximum atomic E-state index is 14.0. The summed E-state index contributed by atoms with van der Waals surface area (Å²) in [6, 6.07) is 7.77. The van der Waals surface area contributed by atoms with Gasteiger partial charge in [0.1, 0.15) is 6.54 Å². The molecule has 0 aliphatic heterocycles. The Morgan fingerprint density at radius 3 is 2.63 bits per heavy atom. The average molecular weight is 265 g/mol. The van der Waals surface area contributed by atoms with E-state index in [-0.39, 0.29) is 11.6 Å². The van der Waals surface area contributed by atoms with Crippen molar-refractivity contribution in [1.29, 1.82) is 0 Å². The third kappa shape index (κ3) is 3.61. The van der Waals surface area contributed by atoms with Gasteiger partial charge in [-0.25, -0.2) is 0 Å². The Kier molecular flexibility index (Phi) is 3.95. The largest absolute Gasteiger partial charge is 0.328 e. The van der Waals surface area contributed by atoms with Crippen LogP contribution in [0.2, 0.25) is 0 Å². The minimum absolute atomic E-state index is 0.000701. The van der Waals surface area contributed by atoms with Crippen molar-refractivity contribution in [2.24, 2.45) is 5.73 Å². The zero-order chi connectivity index (χ0) is 13.9. The van der Waals surface area contributed by atoms with Crippen LogP contribution in [-0.4, -0.2) is 15.8 Å². The fraction of sp³-hybridized carbons (Fsp3) is 0.357. The highest BCUT2D eigenvalue weighted by atomic mass is 19.3. The molecule has 19 heavy (non-hydrogen) atoms. The molecule has 5 heteroatoms. The molecular formula is C14H17F2N3. The van der Waals surface area contributed by atoms with E-state index in [0.29, 0.717) is 6.42 Å². The second-order valence-corrected chi connectivity index (χ2v) is 4.80. The fourth-order valence-corrected chi connectivity index (χ4v) is 1.95. The summed E-state index contributed by atoms with van der Waals surface area (Å²) in [7, 11) is 0. The molecule has 2 rings (SSSR count). The first-order valence-electron chi connectivity index (χ1n) is 6.17. The van der Waals surface area contributed by atoms with Crippen molar-refractivity contribution >= 4 is 0 Å². The molecule has 0 aliphatic carbocycles. The van der Waals surface area contributed by atoms with Gasteiger partial charge in [0.25, 0.3) is 5.92 Å². The normalized spacial score (nSPS) is 13.5. The second kappa shape index (κ2) is 5.48. The van der Waals surface area contributed by atoms with Gasteiger partial charge >= 0.3 is 0 Å². The number of halogens is 2. The lowest BCUT2D eigenvalue weighted by molar-refractivity contribution is -0.0254. The number of nitrogens with two attached hydrogens (primary N) is 1. The topological polar surface area (TPSA) is 43.8 Å². The van der Waals surface area contributed by atoms with Gasteiger partial charge in [0.2, 0.25) is 0 Å². The molecule has 0 aliphatic rings. The van der Waals surface area contributed by atoms with Crippen molar-refractivity contribution in [2.45, 2.75) is 31.9 Å². The SMILES string of the molecule is CC(N)Cc1cnn(CC(F)(F)c2ccccc2)c1. The molecule has 0 spiro atoms. The number of alkyl halides is 2. The maximum Gasteiger partial charge on any atom is 0.292 e. The zero-order valence-corrected chi connectivity index (χ0v) is 10.8. The standard InChI is InChI=1S/C14H17F2N3/c1-11(17)7-12-8-18-19(9-12)10-14(15,16)13-5-3-2-4-6-13/h2-6,8-9,11H,7,10,17H2,1H3. The minimum Gasteiger partial charge on any atom is -0.328 e. The molecule has 0 saturated heterocycles. The summed E-state index contributed by atoms with van der Waals surface area (Å²) in [6.07, 6.45) is 3.85. The summed E-state index contributed by atoms with van der Waals surface area (Å²) in [5.41, 5.74) is 6.54. The van der Waals surface area contributed by atoms with Crippen LogP contribution in [0.4, 0.5) is 8.78 Å². The molecule has 0 amide bonds. The predicted molar refractivity (Wildman–Crippen MR) is 69.9 cm³/mol. The molecule has 2 aromatic rings. The molecule has 2 N–H and O–H groups in total. The lowest BCUT2D eigenvalue weighted by Crippen LogP contribution is -2.21. The molecule has 1 aromatic heterocycles. The lowest BCUT2D eigenvalue weighted by Gasteiger charge is -2.16. The smallest absolute Gasteiger partial charge is 0.292 e. The third-order valence-electron chi connectivity index (χ3n) is 2.80. The molecule has 0 bridgehead atoms. The third-order valence-corrected chi connectivity index (χ3v) is 2.80. The van der Waals surface area contributed by atoms with E-state index in [4.69, 9.17) is 5.73 Å². The molecule has 0 fully saturated rings. The van der Waals surface area contributed by atoms with Crippen LogP contribution < -0.4 is 5.73 Å². The van der Waals surface area contributed by atoms with Crippen molar-refractivity contribution in [3.8, 4) is 0 Å². The van der Waals surface area contributed by atoms with Crippen LogP contribution in [0.25, 0.3) is 0 Å². The highest BCUT2D eigenvalue weighted by Gasteiger charge is 2.32. The minimum atomic E-state index is -2.93. The molecule has 1 unspecified atom stereocenters. The van der Waals surface area contributed by atoms with Crippen LogP contribution >= 0.6 is 0 Å². The van der Waals surface area contributed by atoms with Crippen LogP contribution in [0, 0.1) is 0 Å². The number of hydrogen-bond acceptors (Lipinski definition) is 2. The van der Waals surface area contributed by atoms with Gasteiger partial charge in [0, 0.05) is 17.8 Å². The van der Waals surface area contributed by atoms with Gasteiger partial charge in [-0.1, -0.05) is 30.3 Å². The first-order valence-corrected chi connectivity index (χ1v) is 6.17. The highest BCUT2D eigenvalue weighted by Crippen LogP contribution is 2.29. The van der Waals surface area contributed by atoms with E-state index in [9.17, 15) is 8.78 Å². The second-order valence-electron chi connectivity index (χ2n) is 4.80. The van der Waals surface area contributed by atoms with E-state index in [0.717, 1.165) is 5.56 Å². The van der Waals surface area contributed by atoms with E-state index < -0.39 is 12.5 Å². The van der Waals surface area contributed by atoms with Crippen molar-refractivity contribution < 1.29 is 8.78 Å². The van der Waals surface area contributed by atoms with Gasteiger partial charge in [-0.05, 0) is 18.9 Å². The van der Waals surface area contributed by atoms with Gasteiger partial charge in [-0.3, -0.25) is 4.68 Å². The van der Waals surface area contributed by atoms with Crippen molar-refractivity contribution in [1.82, 2.24) is 9.78 Å². The van der Waals surface area contributed by atoms with E-state index >= 15 is 0 Å². The summed E-state index contributed by atoms with van der Waals surface area (Å²) < 4.78 is 29.3. The summed E-state index contributed by atoms with van der Waals surface area (Å²) in [6.45, 7) is 1.41. The number of hydrogen-bond donors (Lipinski definition) is 1. The Balaban J connectivity index is 2.10. The zero-order valence-electron chi connectivity index (χ0n) is 10.8. The fourth-order valence-electron chi connectivity index (χ4n) is 1.95. The van der Waals surface area contributed by atoms with Gasteiger partial charge in [0.15, 0.2) is 0 Å².